The van der Waals surface area contributed by atoms with Crippen molar-refractivity contribution in [2.24, 2.45) is 0 Å². The van der Waals surface area contributed by atoms with Crippen molar-refractivity contribution in [1.82, 2.24) is 4.90 Å². The van der Waals surface area contributed by atoms with Crippen LogP contribution in [0.5, 0.6) is 0 Å². The molecule has 0 aromatic heterocycles. The molecule has 0 spiro atoms. The highest BCUT2D eigenvalue weighted by Crippen LogP contribution is 2.13. The van der Waals surface area contributed by atoms with Crippen LogP contribution in [0, 0.1) is 0 Å². The molecule has 1 aliphatic rings. The van der Waals surface area contributed by atoms with E-state index in [9.17, 15) is 9.59 Å². The summed E-state index contributed by atoms with van der Waals surface area (Å²) in [7, 11) is 0. The Balaban J connectivity index is 2.61. The summed E-state index contributed by atoms with van der Waals surface area (Å²) in [5.41, 5.74) is 0. The summed E-state index contributed by atoms with van der Waals surface area (Å²) in [6.45, 7) is 1.89. The van der Waals surface area contributed by atoms with Crippen molar-refractivity contribution in [3.63, 3.8) is 0 Å². The third-order valence-corrected chi connectivity index (χ3v) is 1.97. The van der Waals surface area contributed by atoms with Crippen LogP contribution in [0.1, 0.15) is 19.8 Å². The Kier molecular flexibility index (Phi) is 2.12. The van der Waals surface area contributed by atoms with Crippen LogP contribution >= 0.6 is 0 Å². The van der Waals surface area contributed by atoms with Crippen molar-refractivity contribution in [2.45, 2.75) is 25.8 Å². The molecule has 1 rings (SSSR count). The van der Waals surface area contributed by atoms with Gasteiger partial charge in [0, 0.05) is 12.5 Å². The molecule has 1 aliphatic heterocycles. The minimum absolute atomic E-state index is 0.00907. The van der Waals surface area contributed by atoms with Crippen molar-refractivity contribution >= 4 is 11.9 Å². The lowest BCUT2D eigenvalue weighted by Crippen LogP contribution is -2.45. The number of hydrogen-bond acceptors (Lipinski definition) is 2. The molecule has 1 fully saturated rings. The highest BCUT2D eigenvalue weighted by Gasteiger charge is 2.26. The average Bonchev–Trinajstić information content (AvgIpc) is 1.94. The first kappa shape index (κ1) is 8.04. The van der Waals surface area contributed by atoms with Crippen LogP contribution in [0.2, 0.25) is 0 Å². The molecule has 0 saturated carbocycles. The van der Waals surface area contributed by atoms with E-state index in [0.717, 1.165) is 0 Å². The van der Waals surface area contributed by atoms with Crippen LogP contribution in [0.25, 0.3) is 0 Å². The van der Waals surface area contributed by atoms with Crippen molar-refractivity contribution in [2.75, 3.05) is 6.54 Å². The Morgan fingerprint density at radius 3 is 2.82 bits per heavy atom. The van der Waals surface area contributed by atoms with Gasteiger partial charge in [0.25, 0.3) is 0 Å². The molecule has 4 heteroatoms. The van der Waals surface area contributed by atoms with Gasteiger partial charge in [-0.15, -0.1) is 0 Å². The Bertz CT molecular complexity index is 190. The van der Waals surface area contributed by atoms with Crippen LogP contribution in [-0.2, 0) is 4.79 Å². The van der Waals surface area contributed by atoms with Gasteiger partial charge in [0.05, 0.1) is 6.54 Å². The van der Waals surface area contributed by atoms with Crippen LogP contribution < -0.4 is 0 Å². The second-order valence-electron chi connectivity index (χ2n) is 2.84. The monoisotopic (exact) mass is 157 g/mol. The summed E-state index contributed by atoms with van der Waals surface area (Å²) in [4.78, 5) is 22.5. The highest BCUT2D eigenvalue weighted by atomic mass is 16.4. The molecule has 0 aromatic rings. The molecule has 0 radical (unpaired) electrons. The fourth-order valence-electron chi connectivity index (χ4n) is 1.21. The summed E-state index contributed by atoms with van der Waals surface area (Å²) < 4.78 is 0. The van der Waals surface area contributed by atoms with E-state index in [1.165, 1.54) is 4.90 Å². The number of likely N-dealkylation sites (tertiary alicyclic amines) is 1. The SMILES string of the molecule is C[C@@H]1CCC(=O)CN1C(=O)O. The molecular formula is C7H11NO3. The summed E-state index contributed by atoms with van der Waals surface area (Å²) in [6, 6.07) is -0.00907. The average molecular weight is 157 g/mol. The van der Waals surface area contributed by atoms with Gasteiger partial charge in [-0.2, -0.15) is 0 Å². The first-order valence-corrected chi connectivity index (χ1v) is 3.62. The number of ketones is 1. The van der Waals surface area contributed by atoms with E-state index in [-0.39, 0.29) is 18.4 Å². The van der Waals surface area contributed by atoms with E-state index in [2.05, 4.69) is 0 Å². The summed E-state index contributed by atoms with van der Waals surface area (Å²) >= 11 is 0. The van der Waals surface area contributed by atoms with Crippen molar-refractivity contribution in [3.05, 3.63) is 0 Å². The topological polar surface area (TPSA) is 57.6 Å². The predicted octanol–water partition coefficient (Wildman–Crippen LogP) is 0.718. The van der Waals surface area contributed by atoms with Crippen LogP contribution in [0.15, 0.2) is 0 Å². The second-order valence-corrected chi connectivity index (χ2v) is 2.84. The zero-order valence-electron chi connectivity index (χ0n) is 6.41. The molecule has 0 aliphatic carbocycles. The molecule has 1 N–H and O–H groups in total. The van der Waals surface area contributed by atoms with E-state index < -0.39 is 6.09 Å². The standard InChI is InChI=1S/C7H11NO3/c1-5-2-3-6(9)4-8(5)7(10)11/h5H,2-4H2,1H3,(H,10,11)/t5-/m1/s1. The van der Waals surface area contributed by atoms with Gasteiger partial charge in [-0.25, -0.2) is 4.79 Å². The first-order chi connectivity index (χ1) is 5.11. The number of amides is 1. The third kappa shape index (κ3) is 1.69. The molecular weight excluding hydrogens is 146 g/mol. The number of hydrogen-bond donors (Lipinski definition) is 1. The highest BCUT2D eigenvalue weighted by molar-refractivity contribution is 5.84. The fourth-order valence-corrected chi connectivity index (χ4v) is 1.21. The Morgan fingerprint density at radius 2 is 2.36 bits per heavy atom. The lowest BCUT2D eigenvalue weighted by atomic mass is 10.0. The number of rotatable bonds is 0. The van der Waals surface area contributed by atoms with Gasteiger partial charge >= 0.3 is 6.09 Å². The molecule has 11 heavy (non-hydrogen) atoms. The maximum atomic E-state index is 10.8. The van der Waals surface area contributed by atoms with E-state index in [1.54, 1.807) is 0 Å². The maximum absolute atomic E-state index is 10.8. The molecule has 1 heterocycles. The molecule has 4 nitrogen and oxygen atoms in total. The first-order valence-electron chi connectivity index (χ1n) is 3.62. The van der Waals surface area contributed by atoms with Gasteiger partial charge < -0.3 is 5.11 Å². The molecule has 62 valence electrons. The number of piperidine rings is 1. The number of carboxylic acid groups (broad SMARTS) is 1. The van der Waals surface area contributed by atoms with Gasteiger partial charge in [0.2, 0.25) is 0 Å². The van der Waals surface area contributed by atoms with Crippen molar-refractivity contribution < 1.29 is 14.7 Å². The Hall–Kier alpha value is -1.06. The van der Waals surface area contributed by atoms with Crippen molar-refractivity contribution in [1.29, 1.82) is 0 Å². The quantitative estimate of drug-likeness (QED) is 0.563. The van der Waals surface area contributed by atoms with E-state index in [0.29, 0.717) is 12.8 Å². The normalized spacial score (nSPS) is 25.4. The van der Waals surface area contributed by atoms with E-state index in [4.69, 9.17) is 5.11 Å². The minimum Gasteiger partial charge on any atom is -0.465 e. The lowest BCUT2D eigenvalue weighted by molar-refractivity contribution is -0.122. The largest absolute Gasteiger partial charge is 0.465 e. The van der Waals surface area contributed by atoms with Crippen LogP contribution in [0.3, 0.4) is 0 Å². The minimum atomic E-state index is -0.995. The molecule has 1 amide bonds. The number of carbonyl (C=O) groups excluding carboxylic acids is 1. The zero-order valence-corrected chi connectivity index (χ0v) is 6.41. The summed E-state index contributed by atoms with van der Waals surface area (Å²) in [5.74, 6) is 0.0190. The zero-order chi connectivity index (χ0) is 8.43. The van der Waals surface area contributed by atoms with Gasteiger partial charge in [-0.3, -0.25) is 9.69 Å². The van der Waals surface area contributed by atoms with Crippen molar-refractivity contribution in [3.8, 4) is 0 Å². The summed E-state index contributed by atoms with van der Waals surface area (Å²) in [5, 5.41) is 8.60. The molecule has 1 saturated heterocycles. The Labute approximate surface area is 64.8 Å². The van der Waals surface area contributed by atoms with Gasteiger partial charge in [-0.1, -0.05) is 0 Å². The van der Waals surface area contributed by atoms with Crippen LogP contribution in [-0.4, -0.2) is 34.5 Å². The number of Topliss-reactive ketones (excluding diaryl/α,β-unsaturated/α-hetero) is 1. The van der Waals surface area contributed by atoms with Gasteiger partial charge in [-0.05, 0) is 13.3 Å². The number of nitrogens with zero attached hydrogens (tertiary/aromatic N) is 1. The molecule has 1 atom stereocenters. The molecule has 0 aromatic carbocycles. The van der Waals surface area contributed by atoms with Gasteiger partial charge in [0.1, 0.15) is 0 Å². The van der Waals surface area contributed by atoms with Gasteiger partial charge in [0.15, 0.2) is 5.78 Å². The molecule has 0 unspecified atom stereocenters. The lowest BCUT2D eigenvalue weighted by Gasteiger charge is -2.29. The fraction of sp³-hybridized carbons (Fsp3) is 0.714. The van der Waals surface area contributed by atoms with E-state index in [1.807, 2.05) is 6.92 Å². The van der Waals surface area contributed by atoms with E-state index >= 15 is 0 Å². The predicted molar refractivity (Wildman–Crippen MR) is 38.4 cm³/mol. The maximum Gasteiger partial charge on any atom is 0.407 e. The molecule has 0 bridgehead atoms. The Morgan fingerprint density at radius 1 is 1.73 bits per heavy atom. The van der Waals surface area contributed by atoms with Crippen LogP contribution in [0.4, 0.5) is 4.79 Å². The number of carbonyl (C=O) groups is 2. The second kappa shape index (κ2) is 2.90. The summed E-state index contributed by atoms with van der Waals surface area (Å²) in [6.07, 6.45) is 0.182. The smallest absolute Gasteiger partial charge is 0.407 e. The third-order valence-electron chi connectivity index (χ3n) is 1.97.